The summed E-state index contributed by atoms with van der Waals surface area (Å²) in [6.07, 6.45) is 12.0. The molecule has 0 aromatic heterocycles. The van der Waals surface area contributed by atoms with Crippen molar-refractivity contribution in [3.8, 4) is 0 Å². The molecule has 88 valence electrons. The van der Waals surface area contributed by atoms with Gasteiger partial charge in [-0.05, 0) is 23.4 Å². The Morgan fingerprint density at radius 1 is 0.933 bits per heavy atom. The van der Waals surface area contributed by atoms with E-state index in [0.717, 1.165) is 0 Å². The Labute approximate surface area is 104 Å². The van der Waals surface area contributed by atoms with Crippen molar-refractivity contribution in [2.24, 2.45) is 0 Å². The highest BCUT2D eigenvalue weighted by atomic mass is 35.7. The van der Waals surface area contributed by atoms with E-state index in [1.165, 1.54) is 57.8 Å². The summed E-state index contributed by atoms with van der Waals surface area (Å²) < 4.78 is 0. The number of rotatable bonds is 2. The SMILES string of the molecule is CC1([Si](Cl)(Cl)C2CCCC2)CCCCC1. The van der Waals surface area contributed by atoms with Crippen LogP contribution in [-0.4, -0.2) is 6.69 Å². The minimum absolute atomic E-state index is 0.309. The van der Waals surface area contributed by atoms with E-state index >= 15 is 0 Å². The van der Waals surface area contributed by atoms with Crippen LogP contribution < -0.4 is 0 Å². The van der Waals surface area contributed by atoms with Crippen LogP contribution in [0.1, 0.15) is 64.7 Å². The molecule has 2 aliphatic rings. The molecule has 0 aromatic carbocycles. The van der Waals surface area contributed by atoms with E-state index in [1.54, 1.807) is 0 Å². The van der Waals surface area contributed by atoms with Gasteiger partial charge in [-0.1, -0.05) is 51.9 Å². The first kappa shape index (κ1) is 12.3. The predicted molar refractivity (Wildman–Crippen MR) is 71.1 cm³/mol. The first-order valence-electron chi connectivity index (χ1n) is 6.44. The summed E-state index contributed by atoms with van der Waals surface area (Å²) in [6, 6.07) is 0. The molecule has 15 heavy (non-hydrogen) atoms. The van der Waals surface area contributed by atoms with Crippen molar-refractivity contribution < 1.29 is 0 Å². The summed E-state index contributed by atoms with van der Waals surface area (Å²) in [5.74, 6) is 0. The highest BCUT2D eigenvalue weighted by Gasteiger charge is 2.54. The summed E-state index contributed by atoms with van der Waals surface area (Å²) in [6.45, 7) is 0.323. The van der Waals surface area contributed by atoms with Gasteiger partial charge in [-0.15, -0.1) is 22.2 Å². The molecule has 0 radical (unpaired) electrons. The summed E-state index contributed by atoms with van der Waals surface area (Å²) in [7, 11) is 0. The van der Waals surface area contributed by atoms with Gasteiger partial charge in [0, 0.05) is 0 Å². The molecule has 0 aromatic rings. The zero-order chi connectivity index (χ0) is 10.9. The average molecular weight is 265 g/mol. The Morgan fingerprint density at radius 3 is 2.00 bits per heavy atom. The van der Waals surface area contributed by atoms with Gasteiger partial charge in [0.1, 0.15) is 0 Å². The molecular weight excluding hydrogens is 243 g/mol. The van der Waals surface area contributed by atoms with Crippen LogP contribution in [0.3, 0.4) is 0 Å². The van der Waals surface area contributed by atoms with Crippen LogP contribution in [0.25, 0.3) is 0 Å². The highest BCUT2D eigenvalue weighted by molar-refractivity contribution is 7.47. The minimum atomic E-state index is -2.05. The first-order chi connectivity index (χ1) is 7.06. The smallest absolute Gasteiger partial charge is 0.145 e. The fraction of sp³-hybridized carbons (Fsp3) is 1.00. The van der Waals surface area contributed by atoms with E-state index in [1.807, 2.05) is 0 Å². The fourth-order valence-corrected chi connectivity index (χ4v) is 9.03. The van der Waals surface area contributed by atoms with Gasteiger partial charge in [0.15, 0.2) is 0 Å². The van der Waals surface area contributed by atoms with Crippen molar-refractivity contribution in [3.05, 3.63) is 0 Å². The molecule has 0 unspecified atom stereocenters. The van der Waals surface area contributed by atoms with Gasteiger partial charge in [0.05, 0.1) is 0 Å². The van der Waals surface area contributed by atoms with Crippen LogP contribution in [0.5, 0.6) is 0 Å². The summed E-state index contributed by atoms with van der Waals surface area (Å²) in [5.41, 5.74) is 0.684. The number of hydrogen-bond donors (Lipinski definition) is 0. The van der Waals surface area contributed by atoms with Crippen molar-refractivity contribution >= 4 is 28.9 Å². The molecule has 2 saturated carbocycles. The van der Waals surface area contributed by atoms with Crippen LogP contribution in [0.15, 0.2) is 0 Å². The van der Waals surface area contributed by atoms with Gasteiger partial charge < -0.3 is 0 Å². The minimum Gasteiger partial charge on any atom is -0.145 e. The lowest BCUT2D eigenvalue weighted by Crippen LogP contribution is -2.41. The van der Waals surface area contributed by atoms with E-state index in [4.69, 9.17) is 22.2 Å². The Bertz CT molecular complexity index is 216. The maximum atomic E-state index is 6.87. The second-order valence-electron chi connectivity index (χ2n) is 5.73. The second kappa shape index (κ2) is 4.58. The van der Waals surface area contributed by atoms with Crippen molar-refractivity contribution in [2.75, 3.05) is 0 Å². The second-order valence-corrected chi connectivity index (χ2v) is 13.2. The van der Waals surface area contributed by atoms with Crippen LogP contribution in [-0.2, 0) is 0 Å². The zero-order valence-corrected chi connectivity index (χ0v) is 12.2. The van der Waals surface area contributed by atoms with Crippen LogP contribution in [0.4, 0.5) is 0 Å². The van der Waals surface area contributed by atoms with Gasteiger partial charge >= 0.3 is 0 Å². The quantitative estimate of drug-likeness (QED) is 0.452. The van der Waals surface area contributed by atoms with Gasteiger partial charge in [-0.2, -0.15) is 0 Å². The topological polar surface area (TPSA) is 0 Å². The maximum Gasteiger partial charge on any atom is 0.260 e. The van der Waals surface area contributed by atoms with Gasteiger partial charge in [0.2, 0.25) is 0 Å². The van der Waals surface area contributed by atoms with E-state index in [0.29, 0.717) is 10.6 Å². The molecule has 2 aliphatic carbocycles. The number of halogens is 2. The Morgan fingerprint density at radius 2 is 1.47 bits per heavy atom. The van der Waals surface area contributed by atoms with Gasteiger partial charge in [-0.3, -0.25) is 0 Å². The molecule has 3 heteroatoms. The molecular formula is C12H22Cl2Si. The normalized spacial score (nSPS) is 28.2. The van der Waals surface area contributed by atoms with E-state index in [9.17, 15) is 0 Å². The van der Waals surface area contributed by atoms with E-state index in [-0.39, 0.29) is 0 Å². The average Bonchev–Trinajstić information content (AvgIpc) is 2.72. The molecule has 0 saturated heterocycles. The van der Waals surface area contributed by atoms with E-state index < -0.39 is 6.69 Å². The molecule has 2 fully saturated rings. The maximum absolute atomic E-state index is 6.87. The van der Waals surface area contributed by atoms with Crippen molar-refractivity contribution in [1.82, 2.24) is 0 Å². The zero-order valence-electron chi connectivity index (χ0n) is 9.70. The number of hydrogen-bond acceptors (Lipinski definition) is 0. The Kier molecular flexibility index (Phi) is 3.74. The van der Waals surface area contributed by atoms with Crippen molar-refractivity contribution in [1.29, 1.82) is 0 Å². The lowest BCUT2D eigenvalue weighted by Gasteiger charge is -2.44. The molecule has 0 N–H and O–H groups in total. The van der Waals surface area contributed by atoms with Crippen molar-refractivity contribution in [2.45, 2.75) is 75.3 Å². The standard InChI is InChI=1S/C12H22Cl2Si/c1-12(9-5-2-6-10-12)15(13,14)11-7-3-4-8-11/h11H,2-10H2,1H3. The van der Waals surface area contributed by atoms with Crippen LogP contribution >= 0.6 is 22.2 Å². The Balaban J connectivity index is 2.10. The molecule has 0 nitrogen and oxygen atoms in total. The highest BCUT2D eigenvalue weighted by Crippen LogP contribution is 2.61. The Hall–Kier alpha value is 0.797. The summed E-state index contributed by atoms with van der Waals surface area (Å²) >= 11 is 13.7. The largest absolute Gasteiger partial charge is 0.260 e. The molecule has 0 bridgehead atoms. The molecule has 0 aliphatic heterocycles. The third kappa shape index (κ3) is 2.25. The summed E-state index contributed by atoms with van der Waals surface area (Å²) in [5, 5.41) is 0.309. The molecule has 2 rings (SSSR count). The monoisotopic (exact) mass is 264 g/mol. The summed E-state index contributed by atoms with van der Waals surface area (Å²) in [4.78, 5) is 0. The third-order valence-corrected chi connectivity index (χ3v) is 12.9. The van der Waals surface area contributed by atoms with Gasteiger partial charge in [-0.25, -0.2) is 0 Å². The molecule has 0 heterocycles. The van der Waals surface area contributed by atoms with Crippen LogP contribution in [0, 0.1) is 0 Å². The lowest BCUT2D eigenvalue weighted by molar-refractivity contribution is 0.390. The third-order valence-electron chi connectivity index (χ3n) is 4.63. The first-order valence-corrected chi connectivity index (χ1v) is 10.5. The molecule has 0 spiro atoms. The van der Waals surface area contributed by atoms with E-state index in [2.05, 4.69) is 6.92 Å². The molecule has 0 amide bonds. The van der Waals surface area contributed by atoms with Gasteiger partial charge in [0.25, 0.3) is 6.69 Å². The molecule has 0 atom stereocenters. The lowest BCUT2D eigenvalue weighted by atomic mass is 9.90. The van der Waals surface area contributed by atoms with Crippen LogP contribution in [0.2, 0.25) is 10.6 Å². The predicted octanol–water partition coefficient (Wildman–Crippen LogP) is 5.57. The van der Waals surface area contributed by atoms with Crippen molar-refractivity contribution in [3.63, 3.8) is 0 Å². The fourth-order valence-electron chi connectivity index (χ4n) is 3.45.